The Kier molecular flexibility index (Phi) is 4.12. The number of halogens is 1. The van der Waals surface area contributed by atoms with E-state index in [4.69, 9.17) is 0 Å². The normalized spacial score (nSPS) is 20.4. The summed E-state index contributed by atoms with van der Waals surface area (Å²) in [4.78, 5) is 14.6. The lowest BCUT2D eigenvalue weighted by atomic mass is 10.1. The summed E-state index contributed by atoms with van der Waals surface area (Å²) in [6.07, 6.45) is 6.51. The molecule has 2 aliphatic rings. The lowest BCUT2D eigenvalue weighted by molar-refractivity contribution is 0.440. The average molecular weight is 341 g/mol. The van der Waals surface area contributed by atoms with Crippen LogP contribution >= 0.6 is 15.9 Å². The minimum absolute atomic E-state index is 0.00476. The van der Waals surface area contributed by atoms with E-state index in [1.54, 1.807) is 4.68 Å². The van der Waals surface area contributed by atoms with Crippen molar-refractivity contribution in [1.82, 2.24) is 15.1 Å². The molecule has 0 amide bonds. The van der Waals surface area contributed by atoms with Crippen LogP contribution < -0.4 is 15.8 Å². The largest absolute Gasteiger partial charge is 0.369 e. The lowest BCUT2D eigenvalue weighted by Crippen LogP contribution is -2.42. The second kappa shape index (κ2) is 5.85. The maximum Gasteiger partial charge on any atom is 0.283 e. The molecule has 6 heteroatoms. The van der Waals surface area contributed by atoms with Gasteiger partial charge in [0.15, 0.2) is 0 Å². The minimum Gasteiger partial charge on any atom is -0.369 e. The topological polar surface area (TPSA) is 50.2 Å². The number of hydrogen-bond acceptors (Lipinski definition) is 4. The number of nitrogens with one attached hydrogen (secondary N) is 1. The summed E-state index contributed by atoms with van der Waals surface area (Å²) in [7, 11) is 2.01. The van der Waals surface area contributed by atoms with Gasteiger partial charge in [-0.15, -0.1) is 0 Å². The first-order valence-corrected chi connectivity index (χ1v) is 8.16. The number of piperidine rings is 1. The maximum absolute atomic E-state index is 12.3. The standard InChI is InChI=1S/C14H21BrN4O/c1-16-11-4-6-18(7-5-11)12-8-17-19(9-10-2-3-10)14(20)13(12)15/h8,10-11,16H,2-7,9H2,1H3. The van der Waals surface area contributed by atoms with Crippen LogP contribution in [0.15, 0.2) is 15.5 Å². The molecule has 1 aliphatic carbocycles. The van der Waals surface area contributed by atoms with Gasteiger partial charge in [0, 0.05) is 25.7 Å². The molecule has 1 N–H and O–H groups in total. The fourth-order valence-corrected chi connectivity index (χ4v) is 3.32. The molecule has 2 fully saturated rings. The van der Waals surface area contributed by atoms with Gasteiger partial charge < -0.3 is 10.2 Å². The number of nitrogens with zero attached hydrogens (tertiary/aromatic N) is 3. The van der Waals surface area contributed by atoms with Crippen molar-refractivity contribution in [3.8, 4) is 0 Å². The van der Waals surface area contributed by atoms with Crippen LogP contribution in [0.4, 0.5) is 5.69 Å². The predicted octanol–water partition coefficient (Wildman–Crippen LogP) is 1.60. The van der Waals surface area contributed by atoms with Crippen LogP contribution in [0.2, 0.25) is 0 Å². The number of aromatic nitrogens is 2. The van der Waals surface area contributed by atoms with Crippen molar-refractivity contribution in [3.05, 3.63) is 21.0 Å². The number of hydrogen-bond donors (Lipinski definition) is 1. The van der Waals surface area contributed by atoms with Crippen LogP contribution in [0.25, 0.3) is 0 Å². The Labute approximate surface area is 127 Å². The Balaban J connectivity index is 1.76. The predicted molar refractivity (Wildman–Crippen MR) is 83.2 cm³/mol. The highest BCUT2D eigenvalue weighted by Crippen LogP contribution is 2.30. The minimum atomic E-state index is 0.00476. The van der Waals surface area contributed by atoms with Crippen molar-refractivity contribution >= 4 is 21.6 Å². The molecule has 0 bridgehead atoms. The third-order valence-electron chi connectivity index (χ3n) is 4.34. The second-order valence-electron chi connectivity index (χ2n) is 5.82. The van der Waals surface area contributed by atoms with Crippen molar-refractivity contribution < 1.29 is 0 Å². The molecular weight excluding hydrogens is 320 g/mol. The molecule has 1 aromatic heterocycles. The van der Waals surface area contributed by atoms with E-state index in [1.165, 1.54) is 12.8 Å². The molecule has 1 saturated heterocycles. The van der Waals surface area contributed by atoms with Crippen molar-refractivity contribution in [1.29, 1.82) is 0 Å². The summed E-state index contributed by atoms with van der Waals surface area (Å²) in [5, 5.41) is 7.67. The van der Waals surface area contributed by atoms with Gasteiger partial charge in [0.25, 0.3) is 5.56 Å². The van der Waals surface area contributed by atoms with E-state index < -0.39 is 0 Å². The summed E-state index contributed by atoms with van der Waals surface area (Å²) in [6, 6.07) is 0.591. The highest BCUT2D eigenvalue weighted by molar-refractivity contribution is 9.10. The van der Waals surface area contributed by atoms with Crippen LogP contribution in [0.3, 0.4) is 0 Å². The fraction of sp³-hybridized carbons (Fsp3) is 0.714. The summed E-state index contributed by atoms with van der Waals surface area (Å²) < 4.78 is 2.27. The van der Waals surface area contributed by atoms with Gasteiger partial charge in [0.1, 0.15) is 4.47 Å². The number of anilines is 1. The third-order valence-corrected chi connectivity index (χ3v) is 5.08. The Morgan fingerprint density at radius 1 is 1.35 bits per heavy atom. The van der Waals surface area contributed by atoms with Crippen LogP contribution in [-0.2, 0) is 6.54 Å². The summed E-state index contributed by atoms with van der Waals surface area (Å²) in [5.41, 5.74) is 0.946. The highest BCUT2D eigenvalue weighted by Gasteiger charge is 2.25. The van der Waals surface area contributed by atoms with E-state index in [2.05, 4.69) is 31.2 Å². The van der Waals surface area contributed by atoms with Gasteiger partial charge >= 0.3 is 0 Å². The van der Waals surface area contributed by atoms with E-state index in [0.717, 1.165) is 38.2 Å². The summed E-state index contributed by atoms with van der Waals surface area (Å²) in [6.45, 7) is 2.70. The first-order valence-electron chi connectivity index (χ1n) is 7.37. The SMILES string of the molecule is CNC1CCN(c2cnn(CC3CC3)c(=O)c2Br)CC1. The molecule has 110 valence electrons. The van der Waals surface area contributed by atoms with Gasteiger partial charge in [-0.1, -0.05) is 0 Å². The molecule has 5 nitrogen and oxygen atoms in total. The van der Waals surface area contributed by atoms with E-state index in [0.29, 0.717) is 16.4 Å². The zero-order valence-corrected chi connectivity index (χ0v) is 13.4. The van der Waals surface area contributed by atoms with Gasteiger partial charge in [-0.3, -0.25) is 4.79 Å². The maximum atomic E-state index is 12.3. The molecular formula is C14H21BrN4O. The van der Waals surface area contributed by atoms with Gasteiger partial charge in [-0.05, 0) is 54.6 Å². The Morgan fingerprint density at radius 2 is 2.05 bits per heavy atom. The third kappa shape index (κ3) is 2.91. The van der Waals surface area contributed by atoms with Crippen molar-refractivity contribution in [3.63, 3.8) is 0 Å². The first-order chi connectivity index (χ1) is 9.69. The molecule has 1 aromatic rings. The van der Waals surface area contributed by atoms with Gasteiger partial charge in [-0.25, -0.2) is 4.68 Å². The number of rotatable bonds is 4. The van der Waals surface area contributed by atoms with Crippen molar-refractivity contribution in [2.45, 2.75) is 38.3 Å². The van der Waals surface area contributed by atoms with E-state index in [1.807, 2.05) is 13.2 Å². The smallest absolute Gasteiger partial charge is 0.283 e. The van der Waals surface area contributed by atoms with Crippen LogP contribution in [0, 0.1) is 5.92 Å². The molecule has 20 heavy (non-hydrogen) atoms. The Hall–Kier alpha value is -0.880. The Bertz CT molecular complexity index is 532. The quantitative estimate of drug-likeness (QED) is 0.904. The van der Waals surface area contributed by atoms with Crippen LogP contribution in [-0.4, -0.2) is 36.0 Å². The molecule has 0 spiro atoms. The average Bonchev–Trinajstić information content (AvgIpc) is 3.28. The molecule has 1 saturated carbocycles. The summed E-state index contributed by atoms with van der Waals surface area (Å²) >= 11 is 3.48. The van der Waals surface area contributed by atoms with Crippen LogP contribution in [0.5, 0.6) is 0 Å². The second-order valence-corrected chi connectivity index (χ2v) is 6.62. The molecule has 0 atom stereocenters. The van der Waals surface area contributed by atoms with E-state index in [-0.39, 0.29) is 5.56 Å². The van der Waals surface area contributed by atoms with Crippen molar-refractivity contribution in [2.24, 2.45) is 5.92 Å². The highest BCUT2D eigenvalue weighted by atomic mass is 79.9. The zero-order valence-electron chi connectivity index (χ0n) is 11.8. The monoisotopic (exact) mass is 340 g/mol. The van der Waals surface area contributed by atoms with Gasteiger partial charge in [0.2, 0.25) is 0 Å². The fourth-order valence-electron chi connectivity index (χ4n) is 2.76. The first kappa shape index (κ1) is 14.1. The van der Waals surface area contributed by atoms with Crippen molar-refractivity contribution in [2.75, 3.05) is 25.0 Å². The van der Waals surface area contributed by atoms with E-state index in [9.17, 15) is 4.79 Å². The van der Waals surface area contributed by atoms with Crippen LogP contribution in [0.1, 0.15) is 25.7 Å². The van der Waals surface area contributed by atoms with Gasteiger partial charge in [0.05, 0.1) is 11.9 Å². The molecule has 3 rings (SSSR count). The molecule has 0 unspecified atom stereocenters. The zero-order chi connectivity index (χ0) is 14.1. The molecule has 1 aliphatic heterocycles. The molecule has 2 heterocycles. The van der Waals surface area contributed by atoms with Gasteiger partial charge in [-0.2, -0.15) is 5.10 Å². The summed E-state index contributed by atoms with van der Waals surface area (Å²) in [5.74, 6) is 0.657. The lowest BCUT2D eigenvalue weighted by Gasteiger charge is -2.33. The molecule has 0 radical (unpaired) electrons. The molecule has 0 aromatic carbocycles. The van der Waals surface area contributed by atoms with E-state index >= 15 is 0 Å². The Morgan fingerprint density at radius 3 is 2.65 bits per heavy atom.